The van der Waals surface area contributed by atoms with Gasteiger partial charge in [0.1, 0.15) is 11.6 Å². The van der Waals surface area contributed by atoms with Crippen molar-refractivity contribution in [3.63, 3.8) is 0 Å². The maximum Gasteiger partial charge on any atom is 0.251 e. The summed E-state index contributed by atoms with van der Waals surface area (Å²) in [5, 5.41) is 1.88. The van der Waals surface area contributed by atoms with Crippen molar-refractivity contribution in [1.29, 1.82) is 0 Å². The van der Waals surface area contributed by atoms with Gasteiger partial charge in [-0.25, -0.2) is 18.2 Å². The van der Waals surface area contributed by atoms with Crippen LogP contribution in [0.2, 0.25) is 0 Å². The van der Waals surface area contributed by atoms with Gasteiger partial charge < -0.3 is 9.47 Å². The summed E-state index contributed by atoms with van der Waals surface area (Å²) < 4.78 is 43.6. The van der Waals surface area contributed by atoms with Gasteiger partial charge in [-0.2, -0.15) is 0 Å². The van der Waals surface area contributed by atoms with Gasteiger partial charge in [0.2, 0.25) is 0 Å². The summed E-state index contributed by atoms with van der Waals surface area (Å²) in [4.78, 5) is 6.75. The highest BCUT2D eigenvalue weighted by molar-refractivity contribution is 6.08. The fraction of sp³-hybridized carbons (Fsp3) is 0.261. The molecule has 1 aliphatic rings. The summed E-state index contributed by atoms with van der Waals surface area (Å²) in [7, 11) is 0. The molecule has 0 amide bonds. The van der Waals surface area contributed by atoms with Crippen molar-refractivity contribution in [3.05, 3.63) is 72.2 Å². The van der Waals surface area contributed by atoms with Crippen molar-refractivity contribution in [2.24, 2.45) is 0 Å². The molecule has 148 valence electrons. The molecule has 1 saturated heterocycles. The number of rotatable bonds is 3. The molecule has 0 N–H and O–H groups in total. The number of pyridine rings is 1. The van der Waals surface area contributed by atoms with E-state index in [1.54, 1.807) is 12.1 Å². The predicted molar refractivity (Wildman–Crippen MR) is 109 cm³/mol. The van der Waals surface area contributed by atoms with E-state index in [0.29, 0.717) is 12.1 Å². The van der Waals surface area contributed by atoms with Gasteiger partial charge in [0.15, 0.2) is 0 Å². The Morgan fingerprint density at radius 1 is 0.897 bits per heavy atom. The van der Waals surface area contributed by atoms with Crippen LogP contribution in [-0.4, -0.2) is 28.6 Å². The second-order valence-electron chi connectivity index (χ2n) is 7.59. The Morgan fingerprint density at radius 2 is 1.62 bits per heavy atom. The van der Waals surface area contributed by atoms with Crippen LogP contribution in [0.1, 0.15) is 18.4 Å². The number of fused-ring (bicyclic) bond motifs is 3. The fourth-order valence-corrected chi connectivity index (χ4v) is 4.13. The van der Waals surface area contributed by atoms with Crippen LogP contribution in [0, 0.1) is 5.82 Å². The van der Waals surface area contributed by atoms with Crippen molar-refractivity contribution in [1.82, 2.24) is 9.55 Å². The fourth-order valence-electron chi connectivity index (χ4n) is 4.13. The molecular formula is C23H20F3N3. The van der Waals surface area contributed by atoms with E-state index in [-0.39, 0.29) is 31.7 Å². The Balaban J connectivity index is 1.66. The van der Waals surface area contributed by atoms with E-state index in [2.05, 4.69) is 0 Å². The number of hydrogen-bond donors (Lipinski definition) is 0. The third-order valence-corrected chi connectivity index (χ3v) is 5.68. The van der Waals surface area contributed by atoms with E-state index in [1.165, 1.54) is 6.07 Å². The van der Waals surface area contributed by atoms with Crippen LogP contribution >= 0.6 is 0 Å². The molecule has 1 aliphatic heterocycles. The van der Waals surface area contributed by atoms with Crippen LogP contribution in [0.25, 0.3) is 21.8 Å². The predicted octanol–water partition coefficient (Wildman–Crippen LogP) is 5.61. The molecule has 1 fully saturated rings. The van der Waals surface area contributed by atoms with E-state index in [4.69, 9.17) is 4.98 Å². The summed E-state index contributed by atoms with van der Waals surface area (Å²) >= 11 is 0. The molecular weight excluding hydrogens is 375 g/mol. The molecule has 2 aromatic heterocycles. The molecule has 3 nitrogen and oxygen atoms in total. The largest absolute Gasteiger partial charge is 0.356 e. The first-order chi connectivity index (χ1) is 14.0. The van der Waals surface area contributed by atoms with Gasteiger partial charge in [0.05, 0.1) is 17.6 Å². The molecule has 0 bridgehead atoms. The van der Waals surface area contributed by atoms with Crippen molar-refractivity contribution < 1.29 is 13.2 Å². The highest BCUT2D eigenvalue weighted by Crippen LogP contribution is 2.36. The molecule has 0 radical (unpaired) electrons. The smallest absolute Gasteiger partial charge is 0.251 e. The molecule has 0 aliphatic carbocycles. The number of benzene rings is 2. The van der Waals surface area contributed by atoms with E-state index in [1.807, 2.05) is 52.1 Å². The molecule has 3 heterocycles. The van der Waals surface area contributed by atoms with Gasteiger partial charge in [-0.3, -0.25) is 0 Å². The normalized spacial score (nSPS) is 16.6. The van der Waals surface area contributed by atoms with Crippen LogP contribution in [0.3, 0.4) is 0 Å². The molecule has 0 saturated carbocycles. The van der Waals surface area contributed by atoms with Crippen molar-refractivity contribution >= 4 is 27.6 Å². The number of nitrogens with zero attached hydrogens (tertiary/aromatic N) is 3. The molecule has 0 atom stereocenters. The SMILES string of the molecule is Fc1ccccc1Cn1ccc2c(N3CCC(F)(F)CC3)nc3ccccc3c21. The zero-order chi connectivity index (χ0) is 20.0. The zero-order valence-electron chi connectivity index (χ0n) is 15.8. The number of para-hydroxylation sites is 1. The highest BCUT2D eigenvalue weighted by atomic mass is 19.3. The maximum absolute atomic E-state index is 14.2. The molecule has 0 spiro atoms. The summed E-state index contributed by atoms with van der Waals surface area (Å²) in [5.74, 6) is -2.13. The summed E-state index contributed by atoms with van der Waals surface area (Å²) in [6.07, 6.45) is 1.59. The molecule has 4 aromatic rings. The van der Waals surface area contributed by atoms with Gasteiger partial charge in [-0.1, -0.05) is 36.4 Å². The van der Waals surface area contributed by atoms with E-state index in [0.717, 1.165) is 27.6 Å². The van der Waals surface area contributed by atoms with Gasteiger partial charge in [0, 0.05) is 48.5 Å². The quantitative estimate of drug-likeness (QED) is 0.449. The van der Waals surface area contributed by atoms with Crippen molar-refractivity contribution in [2.45, 2.75) is 25.3 Å². The molecule has 2 aromatic carbocycles. The lowest BCUT2D eigenvalue weighted by atomic mass is 10.1. The Bertz CT molecular complexity index is 1190. The first-order valence-electron chi connectivity index (χ1n) is 9.76. The van der Waals surface area contributed by atoms with Crippen LogP contribution < -0.4 is 4.90 Å². The summed E-state index contributed by atoms with van der Waals surface area (Å²) in [5.41, 5.74) is 2.36. The number of halogens is 3. The monoisotopic (exact) mass is 395 g/mol. The lowest BCUT2D eigenvalue weighted by Crippen LogP contribution is -2.39. The minimum Gasteiger partial charge on any atom is -0.356 e. The first-order valence-corrected chi connectivity index (χ1v) is 9.76. The third kappa shape index (κ3) is 3.22. The second-order valence-corrected chi connectivity index (χ2v) is 7.59. The number of aromatic nitrogens is 2. The standard InChI is InChI=1S/C23H20F3N3/c24-19-7-3-1-5-16(19)15-29-12-9-18-21(29)17-6-2-4-8-20(17)27-22(18)28-13-10-23(25,26)11-14-28/h1-9,12H,10-11,13-15H2. The second kappa shape index (κ2) is 6.79. The third-order valence-electron chi connectivity index (χ3n) is 5.68. The molecule has 5 rings (SSSR count). The lowest BCUT2D eigenvalue weighted by Gasteiger charge is -2.33. The van der Waals surface area contributed by atoms with E-state index in [9.17, 15) is 13.2 Å². The summed E-state index contributed by atoms with van der Waals surface area (Å²) in [6.45, 7) is 0.930. The van der Waals surface area contributed by atoms with Crippen molar-refractivity contribution in [3.8, 4) is 0 Å². The Labute approximate surface area is 166 Å². The number of hydrogen-bond acceptors (Lipinski definition) is 2. The number of piperidine rings is 1. The van der Waals surface area contributed by atoms with Crippen LogP contribution in [-0.2, 0) is 6.54 Å². The minimum atomic E-state index is -2.61. The van der Waals surface area contributed by atoms with Gasteiger partial charge in [0.25, 0.3) is 5.92 Å². The maximum atomic E-state index is 14.2. The van der Waals surface area contributed by atoms with Crippen LogP contribution in [0.4, 0.5) is 19.0 Å². The minimum absolute atomic E-state index is 0.168. The lowest BCUT2D eigenvalue weighted by molar-refractivity contribution is -0.0221. The van der Waals surface area contributed by atoms with E-state index >= 15 is 0 Å². The molecule has 6 heteroatoms. The van der Waals surface area contributed by atoms with Crippen LogP contribution in [0.5, 0.6) is 0 Å². The molecule has 0 unspecified atom stereocenters. The first kappa shape index (κ1) is 18.0. The average molecular weight is 395 g/mol. The Kier molecular flexibility index (Phi) is 4.23. The van der Waals surface area contributed by atoms with Crippen LogP contribution in [0.15, 0.2) is 60.8 Å². The Hall–Kier alpha value is -3.02. The highest BCUT2D eigenvalue weighted by Gasteiger charge is 2.35. The number of alkyl halides is 2. The number of anilines is 1. The van der Waals surface area contributed by atoms with Crippen molar-refractivity contribution in [2.75, 3.05) is 18.0 Å². The molecule has 29 heavy (non-hydrogen) atoms. The summed E-state index contributed by atoms with van der Waals surface area (Å²) in [6, 6.07) is 16.5. The Morgan fingerprint density at radius 3 is 2.41 bits per heavy atom. The topological polar surface area (TPSA) is 21.1 Å². The van der Waals surface area contributed by atoms with Gasteiger partial charge in [-0.05, 0) is 18.2 Å². The van der Waals surface area contributed by atoms with Gasteiger partial charge in [-0.15, -0.1) is 0 Å². The average Bonchev–Trinajstić information content (AvgIpc) is 3.13. The van der Waals surface area contributed by atoms with E-state index < -0.39 is 5.92 Å². The van der Waals surface area contributed by atoms with Gasteiger partial charge >= 0.3 is 0 Å². The zero-order valence-corrected chi connectivity index (χ0v) is 15.8.